The maximum absolute atomic E-state index is 12.8. The Morgan fingerprint density at radius 2 is 2.09 bits per heavy atom. The number of aromatic hydroxyl groups is 1. The summed E-state index contributed by atoms with van der Waals surface area (Å²) in [6, 6.07) is 3.54. The van der Waals surface area contributed by atoms with Crippen molar-refractivity contribution in [2.45, 2.75) is 82.6 Å². The number of piperidine rings is 1. The second kappa shape index (κ2) is 7.12. The molecule has 1 aromatic carbocycles. The lowest BCUT2D eigenvalue weighted by Crippen LogP contribution is -2.73. The highest BCUT2D eigenvalue weighted by Crippen LogP contribution is 2.62. The highest BCUT2D eigenvalue weighted by Gasteiger charge is 2.69. The second-order valence-electron chi connectivity index (χ2n) is 10.7. The number of hydrogen-bond donors (Lipinski definition) is 4. The Hall–Kier alpha value is -2.25. The third-order valence-electron chi connectivity index (χ3n) is 8.22. The highest BCUT2D eigenvalue weighted by molar-refractivity contribution is 5.94. The number of likely N-dealkylation sites (tertiary alicyclic amines) is 1. The number of nitrogens with one attached hydrogen (secondary N) is 1. The zero-order valence-electron chi connectivity index (χ0n) is 19.4. The van der Waals surface area contributed by atoms with Crippen molar-refractivity contribution in [3.8, 4) is 11.5 Å². The minimum Gasteiger partial charge on any atom is -0.504 e. The van der Waals surface area contributed by atoms with Gasteiger partial charge in [-0.15, -0.1) is 0 Å². The monoisotopic (exact) mass is 441 g/mol. The van der Waals surface area contributed by atoms with Gasteiger partial charge in [0.15, 0.2) is 17.6 Å². The Balaban J connectivity index is 1.64. The Kier molecular flexibility index (Phi) is 4.81. The maximum Gasteiger partial charge on any atom is 0.248 e. The van der Waals surface area contributed by atoms with Gasteiger partial charge in [0.05, 0.1) is 16.7 Å². The Labute approximate surface area is 189 Å². The molecule has 174 valence electrons. The molecule has 0 aromatic heterocycles. The highest BCUT2D eigenvalue weighted by atomic mass is 16.5. The van der Waals surface area contributed by atoms with Crippen LogP contribution in [0.2, 0.25) is 0 Å². The van der Waals surface area contributed by atoms with Crippen molar-refractivity contribution < 1.29 is 19.7 Å². The van der Waals surface area contributed by atoms with Crippen LogP contribution in [0.5, 0.6) is 11.5 Å². The number of aliphatic hydroxyl groups is 1. The van der Waals surface area contributed by atoms with Crippen molar-refractivity contribution >= 4 is 5.91 Å². The molecule has 1 saturated carbocycles. The number of carbonyl (C=O) groups excluding carboxylic acids is 1. The van der Waals surface area contributed by atoms with Gasteiger partial charge in [-0.05, 0) is 77.5 Å². The number of rotatable bonds is 5. The van der Waals surface area contributed by atoms with Crippen molar-refractivity contribution in [2.24, 2.45) is 11.7 Å². The Morgan fingerprint density at radius 3 is 2.75 bits per heavy atom. The van der Waals surface area contributed by atoms with Crippen LogP contribution in [0.25, 0.3) is 0 Å². The molecule has 0 unspecified atom stereocenters. The SMILES string of the molecule is C/C(C(=O)NC(C)C)=C(/N)[C@@H]1Oc2c(O)ccc3c2[C@@]12CCN(CC1CC1)[C@H](C3)[C@@]2(C)O. The third kappa shape index (κ3) is 2.90. The van der Waals surface area contributed by atoms with Gasteiger partial charge in [0.25, 0.3) is 0 Å². The first-order valence-corrected chi connectivity index (χ1v) is 11.8. The second-order valence-corrected chi connectivity index (χ2v) is 10.7. The first-order chi connectivity index (χ1) is 15.1. The summed E-state index contributed by atoms with van der Waals surface area (Å²) in [6.45, 7) is 9.23. The predicted molar refractivity (Wildman–Crippen MR) is 121 cm³/mol. The number of nitrogens with two attached hydrogens (primary N) is 1. The van der Waals surface area contributed by atoms with Crippen molar-refractivity contribution in [1.29, 1.82) is 0 Å². The van der Waals surface area contributed by atoms with Crippen molar-refractivity contribution in [2.75, 3.05) is 13.1 Å². The minimum absolute atomic E-state index is 0.0198. The van der Waals surface area contributed by atoms with Gasteiger partial charge in [-0.3, -0.25) is 9.69 Å². The molecule has 1 saturated heterocycles. The predicted octanol–water partition coefficient (Wildman–Crippen LogP) is 1.94. The maximum atomic E-state index is 12.8. The molecule has 4 aliphatic rings. The van der Waals surface area contributed by atoms with Gasteiger partial charge in [0, 0.05) is 29.8 Å². The molecular weight excluding hydrogens is 406 g/mol. The van der Waals surface area contributed by atoms with E-state index in [1.165, 1.54) is 12.8 Å². The fourth-order valence-corrected chi connectivity index (χ4v) is 6.31. The third-order valence-corrected chi connectivity index (χ3v) is 8.22. The van der Waals surface area contributed by atoms with Gasteiger partial charge in [0.2, 0.25) is 5.91 Å². The summed E-state index contributed by atoms with van der Waals surface area (Å²) >= 11 is 0. The number of fused-ring (bicyclic) bond motifs is 1. The fraction of sp³-hybridized carbons (Fsp3) is 0.640. The molecule has 32 heavy (non-hydrogen) atoms. The van der Waals surface area contributed by atoms with Crippen LogP contribution in [0.15, 0.2) is 23.4 Å². The van der Waals surface area contributed by atoms with E-state index >= 15 is 0 Å². The Bertz CT molecular complexity index is 997. The van der Waals surface area contributed by atoms with Gasteiger partial charge >= 0.3 is 0 Å². The summed E-state index contributed by atoms with van der Waals surface area (Å²) in [5.41, 5.74) is 7.36. The molecule has 7 heteroatoms. The van der Waals surface area contributed by atoms with E-state index in [1.54, 1.807) is 13.0 Å². The number of phenols is 1. The zero-order chi connectivity index (χ0) is 23.0. The Morgan fingerprint density at radius 1 is 1.38 bits per heavy atom. The van der Waals surface area contributed by atoms with Crippen molar-refractivity contribution in [1.82, 2.24) is 10.2 Å². The van der Waals surface area contributed by atoms with Gasteiger partial charge in [-0.1, -0.05) is 6.07 Å². The number of amides is 1. The molecule has 2 bridgehead atoms. The van der Waals surface area contributed by atoms with Crippen LogP contribution in [-0.2, 0) is 16.6 Å². The molecule has 7 nitrogen and oxygen atoms in total. The summed E-state index contributed by atoms with van der Waals surface area (Å²) < 4.78 is 6.35. The van der Waals surface area contributed by atoms with Crippen LogP contribution in [0, 0.1) is 5.92 Å². The lowest BCUT2D eigenvalue weighted by Gasteiger charge is -2.60. The summed E-state index contributed by atoms with van der Waals surface area (Å²) in [5, 5.41) is 25.7. The topological polar surface area (TPSA) is 108 Å². The molecule has 1 aromatic rings. The van der Waals surface area contributed by atoms with Crippen LogP contribution >= 0.6 is 0 Å². The first kappa shape index (κ1) is 21.6. The molecule has 2 aliphatic carbocycles. The smallest absolute Gasteiger partial charge is 0.248 e. The summed E-state index contributed by atoms with van der Waals surface area (Å²) in [4.78, 5) is 15.2. The average Bonchev–Trinajstić information content (AvgIpc) is 3.46. The number of ether oxygens (including phenoxy) is 1. The molecule has 1 spiro atoms. The van der Waals surface area contributed by atoms with E-state index in [2.05, 4.69) is 10.2 Å². The van der Waals surface area contributed by atoms with Crippen LogP contribution in [0.1, 0.15) is 58.1 Å². The van der Waals surface area contributed by atoms with Gasteiger partial charge in [-0.25, -0.2) is 0 Å². The van der Waals surface area contributed by atoms with E-state index in [0.29, 0.717) is 29.9 Å². The van der Waals surface area contributed by atoms with Crippen molar-refractivity contribution in [3.05, 3.63) is 34.5 Å². The number of hydrogen-bond acceptors (Lipinski definition) is 6. The van der Waals surface area contributed by atoms with E-state index in [9.17, 15) is 15.0 Å². The number of nitrogens with zero attached hydrogens (tertiary/aromatic N) is 1. The van der Waals surface area contributed by atoms with Crippen LogP contribution < -0.4 is 15.8 Å². The molecule has 2 aliphatic heterocycles. The molecule has 4 atom stereocenters. The molecular formula is C25H35N3O4. The molecule has 0 radical (unpaired) electrons. The van der Waals surface area contributed by atoms with E-state index in [1.807, 2.05) is 26.8 Å². The standard InChI is InChI=1S/C25H35N3O4/c1-13(2)27-23(30)14(3)20(26)22-25-9-10-28(12-15-5-6-15)18(24(25,4)31)11-16-7-8-17(29)21(32-22)19(16)25/h7-8,13,15,18,22,29,31H,5-6,9-12,26H2,1-4H3,(H,27,30)/b20-14-/t18-,22+,24-,25+/m1/s1. The van der Waals surface area contributed by atoms with E-state index in [0.717, 1.165) is 30.1 Å². The van der Waals surface area contributed by atoms with Crippen LogP contribution in [0.4, 0.5) is 0 Å². The average molecular weight is 442 g/mol. The molecule has 5 N–H and O–H groups in total. The largest absolute Gasteiger partial charge is 0.504 e. The normalized spacial score (nSPS) is 34.1. The van der Waals surface area contributed by atoms with Crippen molar-refractivity contribution in [3.63, 3.8) is 0 Å². The number of phenolic OH excluding ortho intramolecular Hbond substituents is 1. The van der Waals surface area contributed by atoms with Gasteiger partial charge in [-0.2, -0.15) is 0 Å². The number of carbonyl (C=O) groups is 1. The first-order valence-electron chi connectivity index (χ1n) is 11.8. The molecule has 1 amide bonds. The van der Waals surface area contributed by atoms with E-state index in [-0.39, 0.29) is 23.7 Å². The molecule has 2 heterocycles. The quantitative estimate of drug-likeness (QED) is 0.520. The fourth-order valence-electron chi connectivity index (χ4n) is 6.31. The molecule has 5 rings (SSSR count). The summed E-state index contributed by atoms with van der Waals surface area (Å²) in [5.74, 6) is 0.939. The van der Waals surface area contributed by atoms with E-state index in [4.69, 9.17) is 10.5 Å². The minimum atomic E-state index is -1.13. The molecule has 2 fully saturated rings. The van der Waals surface area contributed by atoms with E-state index < -0.39 is 17.1 Å². The van der Waals surface area contributed by atoms with Gasteiger partial charge < -0.3 is 26.0 Å². The van der Waals surface area contributed by atoms with Crippen LogP contribution in [-0.4, -0.2) is 57.9 Å². The summed E-state index contributed by atoms with van der Waals surface area (Å²) in [6.07, 6.45) is 3.16. The van der Waals surface area contributed by atoms with Gasteiger partial charge in [0.1, 0.15) is 0 Å². The van der Waals surface area contributed by atoms with Crippen LogP contribution in [0.3, 0.4) is 0 Å². The summed E-state index contributed by atoms with van der Waals surface area (Å²) in [7, 11) is 0. The zero-order valence-corrected chi connectivity index (χ0v) is 19.4. The number of benzene rings is 1. The lowest BCUT2D eigenvalue weighted by atomic mass is 9.53. The lowest BCUT2D eigenvalue weighted by molar-refractivity contribution is -0.149.